The van der Waals surface area contributed by atoms with E-state index in [1.807, 2.05) is 27.7 Å². The van der Waals surface area contributed by atoms with Crippen LogP contribution in [0, 0.1) is 0 Å². The van der Waals surface area contributed by atoms with Crippen molar-refractivity contribution in [1.82, 2.24) is 4.98 Å². The van der Waals surface area contributed by atoms with Gasteiger partial charge in [0.05, 0.1) is 23.8 Å². The van der Waals surface area contributed by atoms with Crippen LogP contribution in [0.5, 0.6) is 11.6 Å². The van der Waals surface area contributed by atoms with Gasteiger partial charge in [0.15, 0.2) is 6.61 Å². The van der Waals surface area contributed by atoms with Gasteiger partial charge in [-0.25, -0.2) is 4.98 Å². The van der Waals surface area contributed by atoms with Crippen LogP contribution in [0.25, 0.3) is 0 Å². The van der Waals surface area contributed by atoms with E-state index < -0.39 is 31.1 Å². The molecular formula is C14H19BF3NO4. The fourth-order valence-corrected chi connectivity index (χ4v) is 2.06. The zero-order valence-electron chi connectivity index (χ0n) is 13.7. The Hall–Kier alpha value is -1.48. The van der Waals surface area contributed by atoms with E-state index in [4.69, 9.17) is 18.8 Å². The van der Waals surface area contributed by atoms with Crippen LogP contribution in [0.1, 0.15) is 27.7 Å². The molecule has 1 aliphatic rings. The number of pyridine rings is 1. The monoisotopic (exact) mass is 333 g/mol. The van der Waals surface area contributed by atoms with Crippen molar-refractivity contribution in [2.45, 2.75) is 45.1 Å². The van der Waals surface area contributed by atoms with Crippen molar-refractivity contribution in [3.8, 4) is 11.6 Å². The lowest BCUT2D eigenvalue weighted by molar-refractivity contribution is -0.153. The second kappa shape index (κ2) is 5.87. The third-order valence-corrected chi connectivity index (χ3v) is 3.99. The van der Waals surface area contributed by atoms with E-state index in [2.05, 4.69) is 4.98 Å². The van der Waals surface area contributed by atoms with Gasteiger partial charge in [-0.2, -0.15) is 13.2 Å². The van der Waals surface area contributed by atoms with E-state index in [0.717, 1.165) is 0 Å². The molecule has 23 heavy (non-hydrogen) atoms. The zero-order chi connectivity index (χ0) is 17.5. The third-order valence-electron chi connectivity index (χ3n) is 3.99. The van der Waals surface area contributed by atoms with Crippen LogP contribution in [0.3, 0.4) is 0 Å². The Morgan fingerprint density at radius 3 is 2.22 bits per heavy atom. The van der Waals surface area contributed by atoms with Crippen molar-refractivity contribution in [3.05, 3.63) is 12.3 Å². The number of nitrogens with zero attached hydrogens (tertiary/aromatic N) is 1. The van der Waals surface area contributed by atoms with Crippen LogP contribution in [0.15, 0.2) is 12.3 Å². The Morgan fingerprint density at radius 2 is 1.74 bits per heavy atom. The molecule has 0 amide bonds. The number of methoxy groups -OCH3 is 1. The first-order valence-corrected chi connectivity index (χ1v) is 7.05. The molecule has 0 radical (unpaired) electrons. The first-order chi connectivity index (χ1) is 10.5. The lowest BCUT2D eigenvalue weighted by Gasteiger charge is -2.32. The van der Waals surface area contributed by atoms with Gasteiger partial charge in [-0.15, -0.1) is 0 Å². The minimum absolute atomic E-state index is 0.0346. The van der Waals surface area contributed by atoms with Gasteiger partial charge in [-0.05, 0) is 33.8 Å². The largest absolute Gasteiger partial charge is 0.504 e. The predicted molar refractivity (Wildman–Crippen MR) is 78.1 cm³/mol. The summed E-state index contributed by atoms with van der Waals surface area (Å²) >= 11 is 0. The highest BCUT2D eigenvalue weighted by atomic mass is 19.4. The van der Waals surface area contributed by atoms with Crippen LogP contribution in [0.4, 0.5) is 13.2 Å². The van der Waals surface area contributed by atoms with Crippen molar-refractivity contribution in [2.24, 2.45) is 0 Å². The molecule has 0 N–H and O–H groups in total. The molecule has 0 atom stereocenters. The summed E-state index contributed by atoms with van der Waals surface area (Å²) in [4.78, 5) is 4.00. The Morgan fingerprint density at radius 1 is 1.17 bits per heavy atom. The Bertz CT molecular complexity index is 562. The molecule has 9 heteroatoms. The summed E-state index contributed by atoms with van der Waals surface area (Å²) in [5, 5.41) is 0. The van der Waals surface area contributed by atoms with E-state index in [-0.39, 0.29) is 17.1 Å². The van der Waals surface area contributed by atoms with E-state index in [9.17, 15) is 13.2 Å². The second-order valence-electron chi connectivity index (χ2n) is 6.22. The van der Waals surface area contributed by atoms with E-state index >= 15 is 0 Å². The average molecular weight is 333 g/mol. The molecular weight excluding hydrogens is 314 g/mol. The number of hydrogen-bond donors (Lipinski definition) is 0. The van der Waals surface area contributed by atoms with Gasteiger partial charge in [0.25, 0.3) is 0 Å². The molecule has 1 aromatic rings. The van der Waals surface area contributed by atoms with Crippen molar-refractivity contribution < 1.29 is 32.0 Å². The van der Waals surface area contributed by atoms with E-state index in [0.29, 0.717) is 0 Å². The fourth-order valence-electron chi connectivity index (χ4n) is 2.06. The highest BCUT2D eigenvalue weighted by Crippen LogP contribution is 2.38. The lowest BCUT2D eigenvalue weighted by Crippen LogP contribution is -2.41. The second-order valence-corrected chi connectivity index (χ2v) is 6.22. The van der Waals surface area contributed by atoms with Crippen molar-refractivity contribution >= 4 is 12.6 Å². The topological polar surface area (TPSA) is 49.8 Å². The summed E-state index contributed by atoms with van der Waals surface area (Å²) in [6.07, 6.45) is -3.15. The lowest BCUT2D eigenvalue weighted by atomic mass is 9.79. The summed E-state index contributed by atoms with van der Waals surface area (Å²) in [5.74, 6) is 0.0656. The van der Waals surface area contributed by atoms with Gasteiger partial charge in [0.1, 0.15) is 5.75 Å². The van der Waals surface area contributed by atoms with Gasteiger partial charge >= 0.3 is 13.3 Å². The Balaban J connectivity index is 2.37. The fraction of sp³-hybridized carbons (Fsp3) is 0.643. The summed E-state index contributed by atoms with van der Waals surface area (Å²) in [6.45, 7) is 5.93. The van der Waals surface area contributed by atoms with Gasteiger partial charge in [-0.3, -0.25) is 0 Å². The number of rotatable bonds is 4. The molecule has 1 saturated heterocycles. The maximum Gasteiger partial charge on any atom is 0.504 e. The van der Waals surface area contributed by atoms with Crippen LogP contribution in [-0.4, -0.2) is 43.2 Å². The summed E-state index contributed by atoms with van der Waals surface area (Å²) in [7, 11) is 0.428. The van der Waals surface area contributed by atoms with Gasteiger partial charge in [-0.1, -0.05) is 0 Å². The molecule has 0 bridgehead atoms. The van der Waals surface area contributed by atoms with Gasteiger partial charge < -0.3 is 18.8 Å². The summed E-state index contributed by atoms with van der Waals surface area (Å²) in [6, 6.07) is 1.33. The SMILES string of the molecule is COc1nccc(OCC(F)(F)F)c1B1OC(C)(C)C(C)(C)O1. The molecule has 128 valence electrons. The Kier molecular flexibility index (Phi) is 4.56. The van der Waals surface area contributed by atoms with E-state index in [1.54, 1.807) is 0 Å². The predicted octanol–water partition coefficient (Wildman–Crippen LogP) is 2.33. The number of hydrogen-bond acceptors (Lipinski definition) is 5. The van der Waals surface area contributed by atoms with Crippen LogP contribution in [-0.2, 0) is 9.31 Å². The molecule has 0 aromatic carbocycles. The maximum atomic E-state index is 12.4. The molecule has 1 aromatic heterocycles. The maximum absolute atomic E-state index is 12.4. The minimum atomic E-state index is -4.45. The number of aromatic nitrogens is 1. The standard InChI is InChI=1S/C14H19BF3NO4/c1-12(2)13(3,4)23-15(22-12)10-9(21-8-14(16,17)18)6-7-19-11(10)20-5/h6-7H,8H2,1-5H3. The molecule has 2 heterocycles. The quantitative estimate of drug-likeness (QED) is 0.792. The Labute approximate surface area is 133 Å². The molecule has 1 aliphatic heterocycles. The van der Waals surface area contributed by atoms with Gasteiger partial charge in [0, 0.05) is 6.20 Å². The first-order valence-electron chi connectivity index (χ1n) is 7.05. The molecule has 0 saturated carbocycles. The van der Waals surface area contributed by atoms with Crippen molar-refractivity contribution in [2.75, 3.05) is 13.7 Å². The van der Waals surface area contributed by atoms with Crippen LogP contribution < -0.4 is 14.9 Å². The normalized spacial score (nSPS) is 19.7. The highest BCUT2D eigenvalue weighted by molar-refractivity contribution is 6.64. The molecule has 0 aliphatic carbocycles. The molecule has 2 rings (SSSR count). The molecule has 0 spiro atoms. The third kappa shape index (κ3) is 3.72. The highest BCUT2D eigenvalue weighted by Gasteiger charge is 2.53. The van der Waals surface area contributed by atoms with Crippen LogP contribution in [0.2, 0.25) is 0 Å². The zero-order valence-corrected chi connectivity index (χ0v) is 13.7. The van der Waals surface area contributed by atoms with Crippen LogP contribution >= 0.6 is 0 Å². The van der Waals surface area contributed by atoms with Crippen molar-refractivity contribution in [1.29, 1.82) is 0 Å². The molecule has 5 nitrogen and oxygen atoms in total. The van der Waals surface area contributed by atoms with Gasteiger partial charge in [0.2, 0.25) is 5.88 Å². The van der Waals surface area contributed by atoms with E-state index in [1.165, 1.54) is 19.4 Å². The van der Waals surface area contributed by atoms with Crippen molar-refractivity contribution in [3.63, 3.8) is 0 Å². The minimum Gasteiger partial charge on any atom is -0.484 e. The number of ether oxygens (including phenoxy) is 2. The summed E-state index contributed by atoms with van der Waals surface area (Å²) < 4.78 is 59.1. The number of alkyl halides is 3. The number of halogens is 3. The average Bonchev–Trinajstić information content (AvgIpc) is 2.63. The smallest absolute Gasteiger partial charge is 0.484 e. The molecule has 1 fully saturated rings. The molecule has 0 unspecified atom stereocenters. The first kappa shape index (κ1) is 17.9. The summed E-state index contributed by atoms with van der Waals surface area (Å²) in [5.41, 5.74) is -1.10.